The van der Waals surface area contributed by atoms with Gasteiger partial charge in [-0.1, -0.05) is 6.07 Å². The summed E-state index contributed by atoms with van der Waals surface area (Å²) < 4.78 is 15.9. The summed E-state index contributed by atoms with van der Waals surface area (Å²) in [5.74, 6) is -0.421. The van der Waals surface area contributed by atoms with Gasteiger partial charge in [-0.25, -0.2) is 9.37 Å². The number of anilines is 1. The van der Waals surface area contributed by atoms with Crippen LogP contribution in [0.25, 0.3) is 16.6 Å². The minimum atomic E-state index is -0.494. The molecule has 0 unspecified atom stereocenters. The number of rotatable bonds is 3. The Morgan fingerprint density at radius 1 is 1.23 bits per heavy atom. The maximum absolute atomic E-state index is 14.4. The van der Waals surface area contributed by atoms with Crippen LogP contribution in [-0.2, 0) is 0 Å². The van der Waals surface area contributed by atoms with Crippen molar-refractivity contribution in [3.8, 4) is 0 Å². The first-order valence-corrected chi connectivity index (χ1v) is 10.0. The van der Waals surface area contributed by atoms with Gasteiger partial charge in [0.15, 0.2) is 11.5 Å². The van der Waals surface area contributed by atoms with Crippen LogP contribution < -0.4 is 10.6 Å². The molecule has 4 aromatic rings. The summed E-state index contributed by atoms with van der Waals surface area (Å²) in [5.41, 5.74) is 3.45. The molecular formula is C22H21FN6O. The van der Waals surface area contributed by atoms with Gasteiger partial charge in [0.2, 0.25) is 0 Å². The molecule has 1 aliphatic heterocycles. The molecule has 4 heterocycles. The molecule has 1 aliphatic rings. The number of carbonyl (C=O) groups excluding carboxylic acids is 1. The number of carbonyl (C=O) groups is 1. The van der Waals surface area contributed by atoms with E-state index in [-0.39, 0.29) is 11.6 Å². The first kappa shape index (κ1) is 18.6. The Kier molecular flexibility index (Phi) is 4.63. The first-order valence-electron chi connectivity index (χ1n) is 10.0. The van der Waals surface area contributed by atoms with E-state index in [1.807, 2.05) is 12.1 Å². The number of aromatic nitrogens is 4. The summed E-state index contributed by atoms with van der Waals surface area (Å²) in [7, 11) is 0. The number of fused-ring (bicyclic) bond motifs is 2. The zero-order valence-corrected chi connectivity index (χ0v) is 16.5. The molecule has 3 aromatic heterocycles. The normalized spacial score (nSPS) is 15.0. The van der Waals surface area contributed by atoms with Gasteiger partial charge < -0.3 is 15.0 Å². The SMILES string of the molecule is Cc1cn2cc(NC(=O)c3ccc(C4CCNCC4)c4ccnnc34)cc(F)c2n1. The van der Waals surface area contributed by atoms with Crippen molar-refractivity contribution in [1.29, 1.82) is 0 Å². The van der Waals surface area contributed by atoms with Crippen molar-refractivity contribution >= 4 is 28.1 Å². The largest absolute Gasteiger partial charge is 0.320 e. The maximum atomic E-state index is 14.4. The van der Waals surface area contributed by atoms with E-state index in [0.717, 1.165) is 31.3 Å². The van der Waals surface area contributed by atoms with Crippen molar-refractivity contribution in [2.45, 2.75) is 25.7 Å². The van der Waals surface area contributed by atoms with Crippen molar-refractivity contribution in [1.82, 2.24) is 24.9 Å². The summed E-state index contributed by atoms with van der Waals surface area (Å²) in [6.07, 6.45) is 7.11. The number of benzene rings is 1. The summed E-state index contributed by atoms with van der Waals surface area (Å²) in [4.78, 5) is 17.2. The Balaban J connectivity index is 1.51. The number of imidazole rings is 1. The number of nitrogens with one attached hydrogen (secondary N) is 2. The van der Waals surface area contributed by atoms with Gasteiger partial charge in [-0.15, -0.1) is 5.10 Å². The quantitative estimate of drug-likeness (QED) is 0.546. The van der Waals surface area contributed by atoms with E-state index in [2.05, 4.69) is 25.8 Å². The van der Waals surface area contributed by atoms with Crippen molar-refractivity contribution in [3.63, 3.8) is 0 Å². The Labute approximate surface area is 172 Å². The summed E-state index contributed by atoms with van der Waals surface area (Å²) in [6, 6.07) is 6.99. The molecular weight excluding hydrogens is 383 g/mol. The molecule has 30 heavy (non-hydrogen) atoms. The number of aryl methyl sites for hydroxylation is 1. The molecule has 5 rings (SSSR count). The molecule has 2 N–H and O–H groups in total. The van der Waals surface area contributed by atoms with Crippen molar-refractivity contribution in [2.24, 2.45) is 0 Å². The van der Waals surface area contributed by atoms with Gasteiger partial charge in [0, 0.05) is 23.8 Å². The molecule has 0 spiro atoms. The van der Waals surface area contributed by atoms with Gasteiger partial charge in [0.1, 0.15) is 5.52 Å². The number of nitrogens with zero attached hydrogens (tertiary/aromatic N) is 4. The molecule has 8 heteroatoms. The second kappa shape index (κ2) is 7.46. The van der Waals surface area contributed by atoms with Crippen LogP contribution in [0.15, 0.2) is 42.9 Å². The zero-order chi connectivity index (χ0) is 20.7. The molecule has 152 valence electrons. The molecule has 0 atom stereocenters. The third kappa shape index (κ3) is 3.29. The van der Waals surface area contributed by atoms with Gasteiger partial charge in [0.25, 0.3) is 5.91 Å². The first-order chi connectivity index (χ1) is 14.6. The van der Waals surface area contributed by atoms with Crippen LogP contribution in [0, 0.1) is 12.7 Å². The number of halogens is 1. The predicted molar refractivity (Wildman–Crippen MR) is 112 cm³/mol. The van der Waals surface area contributed by atoms with Gasteiger partial charge in [-0.2, -0.15) is 5.10 Å². The number of hydrogen-bond donors (Lipinski definition) is 2. The lowest BCUT2D eigenvalue weighted by atomic mass is 9.87. The highest BCUT2D eigenvalue weighted by atomic mass is 19.1. The van der Waals surface area contributed by atoms with Crippen molar-refractivity contribution in [3.05, 3.63) is 65.5 Å². The van der Waals surface area contributed by atoms with E-state index in [1.165, 1.54) is 11.6 Å². The van der Waals surface area contributed by atoms with Crippen LogP contribution >= 0.6 is 0 Å². The summed E-state index contributed by atoms with van der Waals surface area (Å²) >= 11 is 0. The molecule has 7 nitrogen and oxygen atoms in total. The van der Waals surface area contributed by atoms with Crippen LogP contribution in [0.3, 0.4) is 0 Å². The number of hydrogen-bond acceptors (Lipinski definition) is 5. The van der Waals surface area contributed by atoms with Crippen LogP contribution in [-0.4, -0.2) is 38.6 Å². The Morgan fingerprint density at radius 3 is 2.90 bits per heavy atom. The average molecular weight is 404 g/mol. The number of amides is 1. The molecule has 0 aliphatic carbocycles. The average Bonchev–Trinajstić information content (AvgIpc) is 3.14. The highest BCUT2D eigenvalue weighted by Crippen LogP contribution is 2.32. The van der Waals surface area contributed by atoms with Gasteiger partial charge in [-0.3, -0.25) is 4.79 Å². The van der Waals surface area contributed by atoms with Gasteiger partial charge >= 0.3 is 0 Å². The maximum Gasteiger partial charge on any atom is 0.257 e. The van der Waals surface area contributed by atoms with E-state index in [1.54, 1.807) is 36.0 Å². The van der Waals surface area contributed by atoms with Gasteiger partial charge in [-0.05, 0) is 56.5 Å². The minimum absolute atomic E-state index is 0.230. The molecule has 0 bridgehead atoms. The Morgan fingerprint density at radius 2 is 2.07 bits per heavy atom. The molecule has 1 fully saturated rings. The number of pyridine rings is 1. The van der Waals surface area contributed by atoms with E-state index in [0.29, 0.717) is 28.4 Å². The van der Waals surface area contributed by atoms with E-state index >= 15 is 0 Å². The lowest BCUT2D eigenvalue weighted by Crippen LogP contribution is -2.26. The van der Waals surface area contributed by atoms with Crippen LogP contribution in [0.5, 0.6) is 0 Å². The van der Waals surface area contributed by atoms with E-state index in [9.17, 15) is 9.18 Å². The summed E-state index contributed by atoms with van der Waals surface area (Å²) in [6.45, 7) is 3.75. The van der Waals surface area contributed by atoms with Crippen molar-refractivity contribution in [2.75, 3.05) is 18.4 Å². The fourth-order valence-corrected chi connectivity index (χ4v) is 4.22. The topological polar surface area (TPSA) is 84.2 Å². The standard InChI is InChI=1S/C22H21FN6O/c1-13-11-29-12-15(10-19(23)21(29)26-13)27-22(30)18-3-2-16(14-4-7-24-8-5-14)17-6-9-25-28-20(17)18/h2-3,6,9-12,14,24H,4-5,7-8H2,1H3,(H,27,30). The van der Waals surface area contributed by atoms with Crippen LogP contribution in [0.4, 0.5) is 10.1 Å². The predicted octanol–water partition coefficient (Wildman–Crippen LogP) is 3.44. The highest BCUT2D eigenvalue weighted by Gasteiger charge is 2.21. The molecule has 1 amide bonds. The highest BCUT2D eigenvalue weighted by molar-refractivity contribution is 6.12. The molecule has 0 saturated carbocycles. The fraction of sp³-hybridized carbons (Fsp3) is 0.273. The lowest BCUT2D eigenvalue weighted by molar-refractivity contribution is 0.102. The third-order valence-electron chi connectivity index (χ3n) is 5.62. The van der Waals surface area contributed by atoms with Crippen LogP contribution in [0.2, 0.25) is 0 Å². The molecule has 0 radical (unpaired) electrons. The van der Waals surface area contributed by atoms with E-state index in [4.69, 9.17) is 0 Å². The van der Waals surface area contributed by atoms with Gasteiger partial charge in [0.05, 0.1) is 23.1 Å². The Hall–Kier alpha value is -3.39. The summed E-state index contributed by atoms with van der Waals surface area (Å²) in [5, 5.41) is 15.4. The minimum Gasteiger partial charge on any atom is -0.320 e. The lowest BCUT2D eigenvalue weighted by Gasteiger charge is -2.24. The zero-order valence-electron chi connectivity index (χ0n) is 16.5. The second-order valence-electron chi connectivity index (χ2n) is 7.66. The van der Waals surface area contributed by atoms with E-state index < -0.39 is 5.82 Å². The Bertz CT molecular complexity index is 1260. The fourth-order valence-electron chi connectivity index (χ4n) is 4.22. The van der Waals surface area contributed by atoms with Crippen LogP contribution in [0.1, 0.15) is 40.4 Å². The smallest absolute Gasteiger partial charge is 0.257 e. The number of piperidine rings is 1. The third-order valence-corrected chi connectivity index (χ3v) is 5.62. The second-order valence-corrected chi connectivity index (χ2v) is 7.66. The van der Waals surface area contributed by atoms with Crippen molar-refractivity contribution < 1.29 is 9.18 Å². The monoisotopic (exact) mass is 404 g/mol. The molecule has 1 aromatic carbocycles. The molecule has 1 saturated heterocycles.